The molecule has 2 amide bonds. The number of hydrogen-bond donors (Lipinski definition) is 1. The first-order chi connectivity index (χ1) is 16.3. The minimum atomic E-state index is -0.431. The Bertz CT molecular complexity index is 1070. The second-order valence-electron chi connectivity index (χ2n) is 8.60. The molecule has 3 atom stereocenters. The molecule has 1 aromatic carbocycles. The lowest BCUT2D eigenvalue weighted by molar-refractivity contribution is -0.135. The molecule has 1 N–H and O–H groups in total. The predicted molar refractivity (Wildman–Crippen MR) is 125 cm³/mol. The number of aromatic nitrogens is 1. The summed E-state index contributed by atoms with van der Waals surface area (Å²) in [5.74, 6) is -0.416. The van der Waals surface area contributed by atoms with Crippen LogP contribution in [0.25, 0.3) is 11.1 Å². The zero-order valence-corrected chi connectivity index (χ0v) is 19.9. The molecule has 9 heteroatoms. The Hall–Kier alpha value is -3.48. The minimum Gasteiger partial charge on any atom is -0.472 e. The maximum absolute atomic E-state index is 13.5. The molecule has 0 radical (unpaired) electrons. The molecule has 1 aliphatic rings. The first kappa shape index (κ1) is 25.1. The Morgan fingerprint density at radius 3 is 2.71 bits per heavy atom. The highest BCUT2D eigenvalue weighted by Crippen LogP contribution is 2.30. The second-order valence-corrected chi connectivity index (χ2v) is 8.60. The molecule has 0 fully saturated rings. The molecule has 0 saturated heterocycles. The first-order valence-electron chi connectivity index (χ1n) is 11.1. The average Bonchev–Trinajstić information content (AvgIpc) is 2.85. The van der Waals surface area contributed by atoms with E-state index in [-0.39, 0.29) is 48.9 Å². The van der Waals surface area contributed by atoms with E-state index in [0.29, 0.717) is 17.7 Å². The molecule has 0 bridgehead atoms. The van der Waals surface area contributed by atoms with Crippen molar-refractivity contribution in [1.29, 1.82) is 5.26 Å². The molecule has 0 unspecified atom stereocenters. The predicted octanol–water partition coefficient (Wildman–Crippen LogP) is 1.95. The highest BCUT2D eigenvalue weighted by atomic mass is 16.5. The number of hydrogen-bond acceptors (Lipinski definition) is 7. The van der Waals surface area contributed by atoms with Crippen LogP contribution in [0.5, 0.6) is 5.88 Å². The van der Waals surface area contributed by atoms with Gasteiger partial charge in [-0.25, -0.2) is 4.98 Å². The van der Waals surface area contributed by atoms with Gasteiger partial charge in [-0.1, -0.05) is 19.1 Å². The number of carbonyl (C=O) groups excluding carboxylic acids is 2. The van der Waals surface area contributed by atoms with Crippen LogP contribution in [0.1, 0.15) is 29.8 Å². The molecular formula is C25H30N4O5. The number of methoxy groups -OCH3 is 1. The molecule has 1 aliphatic heterocycles. The van der Waals surface area contributed by atoms with Crippen LogP contribution in [0, 0.1) is 17.2 Å². The van der Waals surface area contributed by atoms with Crippen molar-refractivity contribution < 1.29 is 24.2 Å². The molecule has 0 saturated carbocycles. The SMILES string of the molecule is COCC(=O)N(C)C[C@@H]1Oc2ncc(-c3ccc(C#N)cc3)cc2C(=O)N([C@H](C)CO)C[C@H]1C. The van der Waals surface area contributed by atoms with E-state index in [4.69, 9.17) is 14.7 Å². The molecule has 1 aromatic heterocycles. The number of pyridine rings is 1. The van der Waals surface area contributed by atoms with Crippen molar-refractivity contribution in [3.05, 3.63) is 47.7 Å². The minimum absolute atomic E-state index is 0.0352. The summed E-state index contributed by atoms with van der Waals surface area (Å²) in [5, 5.41) is 18.8. The number of carbonyl (C=O) groups is 2. The van der Waals surface area contributed by atoms with Crippen molar-refractivity contribution in [2.75, 3.05) is 40.5 Å². The normalized spacial score (nSPS) is 18.7. The highest BCUT2D eigenvalue weighted by Gasteiger charge is 2.34. The van der Waals surface area contributed by atoms with E-state index in [1.54, 1.807) is 60.3 Å². The topological polar surface area (TPSA) is 116 Å². The van der Waals surface area contributed by atoms with Crippen LogP contribution in [-0.2, 0) is 9.53 Å². The summed E-state index contributed by atoms with van der Waals surface area (Å²) in [4.78, 5) is 33.4. The van der Waals surface area contributed by atoms with Crippen molar-refractivity contribution in [3.63, 3.8) is 0 Å². The highest BCUT2D eigenvalue weighted by molar-refractivity contribution is 5.98. The summed E-state index contributed by atoms with van der Waals surface area (Å²) >= 11 is 0. The van der Waals surface area contributed by atoms with Gasteiger partial charge in [0.25, 0.3) is 5.91 Å². The molecule has 2 heterocycles. The largest absolute Gasteiger partial charge is 0.472 e. The van der Waals surface area contributed by atoms with Crippen LogP contribution in [0.4, 0.5) is 0 Å². The van der Waals surface area contributed by atoms with Crippen LogP contribution in [0.3, 0.4) is 0 Å². The quantitative estimate of drug-likeness (QED) is 0.663. The van der Waals surface area contributed by atoms with Gasteiger partial charge in [0.2, 0.25) is 11.8 Å². The number of benzene rings is 1. The van der Waals surface area contributed by atoms with Crippen molar-refractivity contribution in [2.45, 2.75) is 26.0 Å². The van der Waals surface area contributed by atoms with Crippen molar-refractivity contribution in [1.82, 2.24) is 14.8 Å². The fourth-order valence-electron chi connectivity index (χ4n) is 3.82. The van der Waals surface area contributed by atoms with E-state index in [0.717, 1.165) is 5.56 Å². The Balaban J connectivity index is 2.00. The van der Waals surface area contributed by atoms with E-state index in [2.05, 4.69) is 11.1 Å². The number of rotatable bonds is 7. The lowest BCUT2D eigenvalue weighted by Crippen LogP contribution is -2.50. The smallest absolute Gasteiger partial charge is 0.259 e. The number of likely N-dealkylation sites (N-methyl/N-ethyl adjacent to an activating group) is 1. The average molecular weight is 467 g/mol. The summed E-state index contributed by atoms with van der Waals surface area (Å²) in [7, 11) is 3.14. The van der Waals surface area contributed by atoms with Gasteiger partial charge in [0, 0.05) is 38.4 Å². The van der Waals surface area contributed by atoms with Gasteiger partial charge in [-0.15, -0.1) is 0 Å². The lowest BCUT2D eigenvalue weighted by Gasteiger charge is -2.37. The molecular weight excluding hydrogens is 436 g/mol. The molecule has 2 aromatic rings. The molecule has 3 rings (SSSR count). The standard InChI is InChI=1S/C25H30N4O5/c1-16-12-29(17(2)14-30)25(32)21-9-20(19-7-5-18(10-26)6-8-19)11-27-24(21)34-22(16)13-28(3)23(31)15-33-4/h5-9,11,16-17,22,30H,12-15H2,1-4H3/t16-,17-,22+/m1/s1. The maximum Gasteiger partial charge on any atom is 0.259 e. The third kappa shape index (κ3) is 5.53. The fraction of sp³-hybridized carbons (Fsp3) is 0.440. The number of aliphatic hydroxyl groups excluding tert-OH is 1. The van der Waals surface area contributed by atoms with Crippen LogP contribution < -0.4 is 4.74 Å². The van der Waals surface area contributed by atoms with Gasteiger partial charge in [0.1, 0.15) is 18.3 Å². The summed E-state index contributed by atoms with van der Waals surface area (Å²) in [6.45, 7) is 4.14. The van der Waals surface area contributed by atoms with Gasteiger partial charge in [-0.2, -0.15) is 5.26 Å². The van der Waals surface area contributed by atoms with Crippen LogP contribution >= 0.6 is 0 Å². The number of amides is 2. The number of aliphatic hydroxyl groups is 1. The molecule has 0 aliphatic carbocycles. The van der Waals surface area contributed by atoms with Crippen molar-refractivity contribution >= 4 is 11.8 Å². The van der Waals surface area contributed by atoms with E-state index in [1.807, 2.05) is 6.92 Å². The Morgan fingerprint density at radius 1 is 1.38 bits per heavy atom. The van der Waals surface area contributed by atoms with Gasteiger partial charge in [-0.3, -0.25) is 9.59 Å². The third-order valence-corrected chi connectivity index (χ3v) is 6.02. The van der Waals surface area contributed by atoms with Crippen LogP contribution in [0.2, 0.25) is 0 Å². The van der Waals surface area contributed by atoms with E-state index in [9.17, 15) is 14.7 Å². The molecule has 0 spiro atoms. The second kappa shape index (κ2) is 11.1. The molecule has 180 valence electrons. The Kier molecular flexibility index (Phi) is 8.21. The lowest BCUT2D eigenvalue weighted by atomic mass is 9.99. The van der Waals surface area contributed by atoms with Crippen molar-refractivity contribution in [3.8, 4) is 23.1 Å². The maximum atomic E-state index is 13.5. The first-order valence-corrected chi connectivity index (χ1v) is 11.1. The van der Waals surface area contributed by atoms with Crippen molar-refractivity contribution in [2.24, 2.45) is 5.92 Å². The Morgan fingerprint density at radius 2 is 2.09 bits per heavy atom. The summed E-state index contributed by atoms with van der Waals surface area (Å²) in [5.41, 5.74) is 2.33. The van der Waals surface area contributed by atoms with Gasteiger partial charge >= 0.3 is 0 Å². The summed E-state index contributed by atoms with van der Waals surface area (Å²) < 4.78 is 11.2. The number of fused-ring (bicyclic) bond motifs is 1. The molecule has 34 heavy (non-hydrogen) atoms. The zero-order chi connectivity index (χ0) is 24.8. The number of nitriles is 1. The number of nitrogens with zero attached hydrogens (tertiary/aromatic N) is 4. The van der Waals surface area contributed by atoms with Crippen LogP contribution in [0.15, 0.2) is 36.5 Å². The summed E-state index contributed by atoms with van der Waals surface area (Å²) in [6, 6.07) is 10.4. The Labute approximate surface area is 199 Å². The third-order valence-electron chi connectivity index (χ3n) is 6.02. The summed E-state index contributed by atoms with van der Waals surface area (Å²) in [6.07, 6.45) is 1.19. The zero-order valence-electron chi connectivity index (χ0n) is 19.9. The van der Waals surface area contributed by atoms with E-state index in [1.165, 1.54) is 7.11 Å². The molecule has 9 nitrogen and oxygen atoms in total. The van der Waals surface area contributed by atoms with Crippen LogP contribution in [-0.4, -0.2) is 84.3 Å². The van der Waals surface area contributed by atoms with Gasteiger partial charge in [-0.05, 0) is 30.7 Å². The van der Waals surface area contributed by atoms with Gasteiger partial charge in [0.05, 0.1) is 30.8 Å². The van der Waals surface area contributed by atoms with Gasteiger partial charge < -0.3 is 24.4 Å². The number of ether oxygens (including phenoxy) is 2. The van der Waals surface area contributed by atoms with E-state index < -0.39 is 12.1 Å². The van der Waals surface area contributed by atoms with E-state index >= 15 is 0 Å². The van der Waals surface area contributed by atoms with Gasteiger partial charge in [0.15, 0.2) is 0 Å². The fourth-order valence-corrected chi connectivity index (χ4v) is 3.82. The monoisotopic (exact) mass is 466 g/mol.